The molecule has 2 rings (SSSR count). The molecule has 4 nitrogen and oxygen atoms in total. The van der Waals surface area contributed by atoms with Gasteiger partial charge in [0.1, 0.15) is 0 Å². The van der Waals surface area contributed by atoms with Gasteiger partial charge in [0.15, 0.2) is 5.82 Å². The van der Waals surface area contributed by atoms with E-state index in [1.807, 2.05) is 0 Å². The molecule has 1 unspecified atom stereocenters. The van der Waals surface area contributed by atoms with Crippen LogP contribution in [0.2, 0.25) is 0 Å². The number of hydrogen-bond donors (Lipinski definition) is 1. The van der Waals surface area contributed by atoms with Crippen LogP contribution in [0.3, 0.4) is 0 Å². The van der Waals surface area contributed by atoms with Gasteiger partial charge >= 0.3 is 0 Å². The molecule has 0 aromatic carbocycles. The number of halogens is 1. The van der Waals surface area contributed by atoms with Crippen molar-refractivity contribution in [1.29, 1.82) is 0 Å². The van der Waals surface area contributed by atoms with Crippen LogP contribution in [0.25, 0.3) is 0 Å². The molecule has 94 valence electrons. The van der Waals surface area contributed by atoms with Crippen molar-refractivity contribution < 1.29 is 0 Å². The Morgan fingerprint density at radius 1 is 1.65 bits per heavy atom. The number of aromatic nitrogens is 2. The minimum atomic E-state index is -0.00641. The van der Waals surface area contributed by atoms with Crippen LogP contribution in [-0.4, -0.2) is 22.0 Å². The lowest BCUT2D eigenvalue weighted by Gasteiger charge is -2.12. The molecular formula is C12H18ClN3O. The number of rotatable bonds is 6. The summed E-state index contributed by atoms with van der Waals surface area (Å²) < 4.78 is 1.78. The van der Waals surface area contributed by atoms with Crippen LogP contribution in [0.4, 0.5) is 5.82 Å². The highest BCUT2D eigenvalue weighted by molar-refractivity contribution is 6.17. The molecule has 0 amide bonds. The molecule has 1 atom stereocenters. The van der Waals surface area contributed by atoms with Crippen molar-refractivity contribution in [2.75, 3.05) is 17.7 Å². The summed E-state index contributed by atoms with van der Waals surface area (Å²) >= 11 is 5.68. The van der Waals surface area contributed by atoms with Crippen molar-refractivity contribution in [1.82, 2.24) is 9.55 Å². The Morgan fingerprint density at radius 2 is 2.41 bits per heavy atom. The quantitative estimate of drug-likeness (QED) is 0.794. The second-order valence-electron chi connectivity index (χ2n) is 4.68. The van der Waals surface area contributed by atoms with Crippen LogP contribution < -0.4 is 10.9 Å². The van der Waals surface area contributed by atoms with E-state index in [1.54, 1.807) is 17.0 Å². The Balaban J connectivity index is 2.01. The zero-order valence-corrected chi connectivity index (χ0v) is 10.8. The maximum atomic E-state index is 12.0. The smallest absolute Gasteiger partial charge is 0.293 e. The highest BCUT2D eigenvalue weighted by Gasteiger charge is 2.25. The van der Waals surface area contributed by atoms with Crippen molar-refractivity contribution in [3.63, 3.8) is 0 Å². The molecule has 1 saturated carbocycles. The predicted molar refractivity (Wildman–Crippen MR) is 69.8 cm³/mol. The summed E-state index contributed by atoms with van der Waals surface area (Å²) in [4.78, 5) is 16.1. The number of hydrogen-bond acceptors (Lipinski definition) is 3. The van der Waals surface area contributed by atoms with Gasteiger partial charge in [-0.25, -0.2) is 4.98 Å². The van der Waals surface area contributed by atoms with Gasteiger partial charge < -0.3 is 9.88 Å². The molecular weight excluding hydrogens is 238 g/mol. The van der Waals surface area contributed by atoms with Gasteiger partial charge in [-0.1, -0.05) is 6.92 Å². The molecule has 5 heteroatoms. The third-order valence-corrected chi connectivity index (χ3v) is 3.25. The van der Waals surface area contributed by atoms with E-state index in [0.717, 1.165) is 25.8 Å². The van der Waals surface area contributed by atoms with E-state index in [1.165, 1.54) is 0 Å². The average molecular weight is 256 g/mol. The highest BCUT2D eigenvalue weighted by atomic mass is 35.5. The summed E-state index contributed by atoms with van der Waals surface area (Å²) in [5, 5.41) is 3.12. The Hall–Kier alpha value is -1.03. The zero-order chi connectivity index (χ0) is 12.3. The van der Waals surface area contributed by atoms with Crippen molar-refractivity contribution >= 4 is 17.4 Å². The monoisotopic (exact) mass is 255 g/mol. The minimum absolute atomic E-state index is 0.00641. The average Bonchev–Trinajstić information content (AvgIpc) is 3.12. The van der Waals surface area contributed by atoms with Gasteiger partial charge in [0, 0.05) is 30.9 Å². The largest absolute Gasteiger partial charge is 0.365 e. The number of nitrogens with zero attached hydrogens (tertiary/aromatic N) is 2. The van der Waals surface area contributed by atoms with Crippen LogP contribution in [0, 0.1) is 5.92 Å². The summed E-state index contributed by atoms with van der Waals surface area (Å²) in [5.74, 6) is 1.56. The van der Waals surface area contributed by atoms with E-state index in [9.17, 15) is 4.79 Å². The van der Waals surface area contributed by atoms with E-state index >= 15 is 0 Å². The Kier molecular flexibility index (Phi) is 4.05. The molecule has 1 aromatic rings. The third kappa shape index (κ3) is 3.22. The topological polar surface area (TPSA) is 46.9 Å². The van der Waals surface area contributed by atoms with E-state index < -0.39 is 0 Å². The molecule has 17 heavy (non-hydrogen) atoms. The maximum Gasteiger partial charge on any atom is 0.293 e. The second-order valence-corrected chi connectivity index (χ2v) is 5.06. The first kappa shape index (κ1) is 12.4. The van der Waals surface area contributed by atoms with Gasteiger partial charge in [0.2, 0.25) is 0 Å². The fourth-order valence-corrected chi connectivity index (χ4v) is 2.12. The molecule has 1 fully saturated rings. The van der Waals surface area contributed by atoms with Crippen molar-refractivity contribution in [3.05, 3.63) is 22.7 Å². The fourth-order valence-electron chi connectivity index (χ4n) is 1.75. The number of nitrogens with one attached hydrogen (secondary N) is 1. The Morgan fingerprint density at radius 3 is 3.06 bits per heavy atom. The van der Waals surface area contributed by atoms with Gasteiger partial charge in [-0.05, 0) is 25.2 Å². The zero-order valence-electron chi connectivity index (χ0n) is 10.0. The number of alkyl halides is 1. The Bertz CT molecular complexity index is 428. The van der Waals surface area contributed by atoms with E-state index in [-0.39, 0.29) is 5.56 Å². The maximum absolute atomic E-state index is 12.0. The van der Waals surface area contributed by atoms with Crippen LogP contribution in [0.1, 0.15) is 32.2 Å². The van der Waals surface area contributed by atoms with Crippen LogP contribution in [-0.2, 0) is 0 Å². The van der Waals surface area contributed by atoms with Gasteiger partial charge in [-0.2, -0.15) is 0 Å². The summed E-state index contributed by atoms with van der Waals surface area (Å²) in [6.45, 7) is 2.85. The molecule has 1 heterocycles. The summed E-state index contributed by atoms with van der Waals surface area (Å²) in [6.07, 6.45) is 6.61. The highest BCUT2D eigenvalue weighted by Crippen LogP contribution is 2.33. The fraction of sp³-hybridized carbons (Fsp3) is 0.667. The van der Waals surface area contributed by atoms with E-state index in [0.29, 0.717) is 23.7 Å². The van der Waals surface area contributed by atoms with Gasteiger partial charge in [0.25, 0.3) is 5.56 Å². The SMILES string of the molecule is CC(CCCl)CNc1nccn(C2CC2)c1=O. The standard InChI is InChI=1S/C12H18ClN3O/c1-9(4-5-13)8-15-11-12(17)16(7-6-14-11)10-2-3-10/h6-7,9-10H,2-5,8H2,1H3,(H,14,15). The first-order valence-corrected chi connectivity index (χ1v) is 6.62. The van der Waals surface area contributed by atoms with Gasteiger partial charge in [-0.3, -0.25) is 4.79 Å². The van der Waals surface area contributed by atoms with Crippen LogP contribution in [0.5, 0.6) is 0 Å². The van der Waals surface area contributed by atoms with Crippen molar-refractivity contribution in [3.8, 4) is 0 Å². The molecule has 1 N–H and O–H groups in total. The molecule has 1 aliphatic rings. The predicted octanol–water partition coefficient (Wildman–Crippen LogP) is 2.26. The first-order chi connectivity index (χ1) is 8.22. The van der Waals surface area contributed by atoms with Crippen LogP contribution >= 0.6 is 11.6 Å². The summed E-state index contributed by atoms with van der Waals surface area (Å²) in [7, 11) is 0. The summed E-state index contributed by atoms with van der Waals surface area (Å²) in [5.41, 5.74) is -0.00641. The van der Waals surface area contributed by atoms with Crippen LogP contribution in [0.15, 0.2) is 17.2 Å². The molecule has 0 bridgehead atoms. The second kappa shape index (κ2) is 5.54. The molecule has 1 aliphatic carbocycles. The van der Waals surface area contributed by atoms with E-state index in [2.05, 4.69) is 17.2 Å². The van der Waals surface area contributed by atoms with Crippen molar-refractivity contribution in [2.24, 2.45) is 5.92 Å². The van der Waals surface area contributed by atoms with Gasteiger partial charge in [0.05, 0.1) is 0 Å². The third-order valence-electron chi connectivity index (χ3n) is 3.03. The first-order valence-electron chi connectivity index (χ1n) is 6.09. The lowest BCUT2D eigenvalue weighted by Crippen LogP contribution is -2.25. The Labute approximate surface area is 106 Å². The summed E-state index contributed by atoms with van der Waals surface area (Å²) in [6, 6.07) is 0.395. The van der Waals surface area contributed by atoms with E-state index in [4.69, 9.17) is 11.6 Å². The number of anilines is 1. The lowest BCUT2D eigenvalue weighted by molar-refractivity contribution is 0.593. The molecule has 0 saturated heterocycles. The van der Waals surface area contributed by atoms with Gasteiger partial charge in [-0.15, -0.1) is 11.6 Å². The molecule has 1 aromatic heterocycles. The minimum Gasteiger partial charge on any atom is -0.365 e. The molecule has 0 spiro atoms. The lowest BCUT2D eigenvalue weighted by atomic mass is 10.1. The van der Waals surface area contributed by atoms with Crippen molar-refractivity contribution in [2.45, 2.75) is 32.2 Å². The molecule has 0 radical (unpaired) electrons. The normalized spacial score (nSPS) is 16.8. The molecule has 0 aliphatic heterocycles.